The quantitative estimate of drug-likeness (QED) is 0.757. The summed E-state index contributed by atoms with van der Waals surface area (Å²) in [5, 5.41) is 3.71. The molecule has 0 saturated heterocycles. The van der Waals surface area contributed by atoms with E-state index in [0.717, 1.165) is 10.9 Å². The number of benzene rings is 1. The van der Waals surface area contributed by atoms with Crippen LogP contribution >= 0.6 is 0 Å². The molecule has 0 unspecified atom stereocenters. The van der Waals surface area contributed by atoms with E-state index in [1.807, 2.05) is 24.3 Å². The van der Waals surface area contributed by atoms with E-state index >= 15 is 0 Å². The fraction of sp³-hybridized carbons (Fsp3) is 0. The Hall–Kier alpha value is -2.82. The van der Waals surface area contributed by atoms with Crippen molar-refractivity contribution in [3.05, 3.63) is 60.8 Å². The lowest BCUT2D eigenvalue weighted by Gasteiger charge is -2.07. The zero-order valence-electron chi connectivity index (χ0n) is 9.95. The van der Waals surface area contributed by atoms with Gasteiger partial charge in [0.05, 0.1) is 17.4 Å². The molecule has 19 heavy (non-hydrogen) atoms. The summed E-state index contributed by atoms with van der Waals surface area (Å²) in [5.41, 5.74) is 1.82. The molecule has 2 aromatic heterocycles. The van der Waals surface area contributed by atoms with E-state index in [9.17, 15) is 4.79 Å². The Kier molecular flexibility index (Phi) is 2.86. The number of carbonyl (C=O) groups is 1. The van der Waals surface area contributed by atoms with Gasteiger partial charge in [0, 0.05) is 24.0 Å². The lowest BCUT2D eigenvalue weighted by Crippen LogP contribution is -2.14. The van der Waals surface area contributed by atoms with Crippen molar-refractivity contribution in [2.45, 2.75) is 0 Å². The number of fused-ring (bicyclic) bond motifs is 1. The molecule has 92 valence electrons. The molecule has 2 heterocycles. The van der Waals surface area contributed by atoms with Crippen LogP contribution in [0.3, 0.4) is 0 Å². The van der Waals surface area contributed by atoms with Gasteiger partial charge in [-0.1, -0.05) is 18.2 Å². The predicted molar refractivity (Wildman–Crippen MR) is 71.7 cm³/mol. The number of pyridine rings is 1. The third-order valence-electron chi connectivity index (χ3n) is 2.69. The molecule has 1 N–H and O–H groups in total. The van der Waals surface area contributed by atoms with Gasteiger partial charge in [-0.05, 0) is 12.1 Å². The van der Waals surface area contributed by atoms with E-state index in [-0.39, 0.29) is 11.6 Å². The minimum Gasteiger partial charge on any atom is -0.320 e. The fourth-order valence-electron chi connectivity index (χ4n) is 1.81. The van der Waals surface area contributed by atoms with Crippen molar-refractivity contribution >= 4 is 22.5 Å². The van der Waals surface area contributed by atoms with Crippen LogP contribution in [0, 0.1) is 0 Å². The fourth-order valence-corrected chi connectivity index (χ4v) is 1.81. The van der Waals surface area contributed by atoms with Crippen LogP contribution in [0.4, 0.5) is 5.69 Å². The van der Waals surface area contributed by atoms with Crippen LogP contribution in [-0.4, -0.2) is 20.9 Å². The number of hydrogen-bond acceptors (Lipinski definition) is 4. The lowest BCUT2D eigenvalue weighted by molar-refractivity contribution is 0.102. The average molecular weight is 250 g/mol. The number of carbonyl (C=O) groups excluding carboxylic acids is 1. The second kappa shape index (κ2) is 4.81. The number of aromatic nitrogens is 3. The van der Waals surface area contributed by atoms with Gasteiger partial charge in [-0.3, -0.25) is 14.8 Å². The maximum absolute atomic E-state index is 12.0. The highest BCUT2D eigenvalue weighted by molar-refractivity contribution is 6.07. The molecule has 5 nitrogen and oxygen atoms in total. The van der Waals surface area contributed by atoms with Crippen molar-refractivity contribution in [1.29, 1.82) is 0 Å². The van der Waals surface area contributed by atoms with Crippen molar-refractivity contribution in [3.63, 3.8) is 0 Å². The van der Waals surface area contributed by atoms with Crippen LogP contribution in [0.5, 0.6) is 0 Å². The Morgan fingerprint density at radius 1 is 1.00 bits per heavy atom. The van der Waals surface area contributed by atoms with Crippen molar-refractivity contribution < 1.29 is 4.79 Å². The van der Waals surface area contributed by atoms with Gasteiger partial charge in [-0.25, -0.2) is 4.98 Å². The molecule has 1 aromatic carbocycles. The van der Waals surface area contributed by atoms with Crippen molar-refractivity contribution in [2.24, 2.45) is 0 Å². The van der Waals surface area contributed by atoms with Crippen LogP contribution in [0.2, 0.25) is 0 Å². The molecule has 3 aromatic rings. The first-order valence-electron chi connectivity index (χ1n) is 5.76. The Morgan fingerprint density at radius 3 is 2.74 bits per heavy atom. The second-order valence-corrected chi connectivity index (χ2v) is 3.92. The van der Waals surface area contributed by atoms with Gasteiger partial charge in [0.15, 0.2) is 0 Å². The lowest BCUT2D eigenvalue weighted by atomic mass is 10.2. The summed E-state index contributed by atoms with van der Waals surface area (Å²) in [6, 6.07) is 9.38. The smallest absolute Gasteiger partial charge is 0.275 e. The van der Waals surface area contributed by atoms with Gasteiger partial charge in [0.2, 0.25) is 0 Å². The SMILES string of the molecule is O=C(Nc1ccnc2ccccc12)c1cnccn1. The summed E-state index contributed by atoms with van der Waals surface area (Å²) in [6.45, 7) is 0. The molecule has 0 bridgehead atoms. The summed E-state index contributed by atoms with van der Waals surface area (Å²) in [6.07, 6.45) is 6.10. The molecule has 0 atom stereocenters. The maximum Gasteiger partial charge on any atom is 0.275 e. The number of nitrogens with zero attached hydrogens (tertiary/aromatic N) is 3. The highest BCUT2D eigenvalue weighted by atomic mass is 16.1. The van der Waals surface area contributed by atoms with Gasteiger partial charge >= 0.3 is 0 Å². The molecule has 1 amide bonds. The van der Waals surface area contributed by atoms with Crippen LogP contribution in [-0.2, 0) is 0 Å². The zero-order valence-corrected chi connectivity index (χ0v) is 9.95. The maximum atomic E-state index is 12.0. The van der Waals surface area contributed by atoms with E-state index in [1.165, 1.54) is 18.6 Å². The van der Waals surface area contributed by atoms with Gasteiger partial charge < -0.3 is 5.32 Å². The number of hydrogen-bond donors (Lipinski definition) is 1. The molecule has 0 fully saturated rings. The van der Waals surface area contributed by atoms with Crippen molar-refractivity contribution in [1.82, 2.24) is 15.0 Å². The van der Waals surface area contributed by atoms with Gasteiger partial charge in [0.1, 0.15) is 5.69 Å². The molecule has 0 saturated carbocycles. The number of nitrogens with one attached hydrogen (secondary N) is 1. The molecule has 3 rings (SSSR count). The number of rotatable bonds is 2. The first kappa shape index (κ1) is 11.3. The second-order valence-electron chi connectivity index (χ2n) is 3.92. The Bertz CT molecular complexity index is 722. The van der Waals surface area contributed by atoms with Crippen molar-refractivity contribution in [2.75, 3.05) is 5.32 Å². The monoisotopic (exact) mass is 250 g/mol. The molecular weight excluding hydrogens is 240 g/mol. The molecule has 0 aliphatic carbocycles. The largest absolute Gasteiger partial charge is 0.320 e. The third-order valence-corrected chi connectivity index (χ3v) is 2.69. The van der Waals surface area contributed by atoms with Crippen molar-refractivity contribution in [3.8, 4) is 0 Å². The summed E-state index contributed by atoms with van der Waals surface area (Å²) >= 11 is 0. The molecule has 5 heteroatoms. The minimum absolute atomic E-state index is 0.281. The van der Waals surface area contributed by atoms with Crippen LogP contribution < -0.4 is 5.32 Å². The first-order chi connectivity index (χ1) is 9.34. The molecule has 0 aliphatic heterocycles. The normalized spacial score (nSPS) is 10.3. The van der Waals surface area contributed by atoms with Crippen LogP contribution in [0.1, 0.15) is 10.5 Å². The van der Waals surface area contributed by atoms with Crippen LogP contribution in [0.25, 0.3) is 10.9 Å². The Labute approximate surface area is 109 Å². The first-order valence-corrected chi connectivity index (χ1v) is 5.76. The number of para-hydroxylation sites is 1. The molecule has 0 radical (unpaired) electrons. The van der Waals surface area contributed by atoms with E-state index in [4.69, 9.17) is 0 Å². The summed E-state index contributed by atoms with van der Waals surface area (Å²) in [4.78, 5) is 24.1. The predicted octanol–water partition coefficient (Wildman–Crippen LogP) is 2.28. The van der Waals surface area contributed by atoms with Crippen LogP contribution in [0.15, 0.2) is 55.1 Å². The summed E-state index contributed by atoms with van der Waals surface area (Å²) in [5.74, 6) is -0.288. The Balaban J connectivity index is 1.96. The Morgan fingerprint density at radius 2 is 1.89 bits per heavy atom. The molecule has 0 aliphatic rings. The van der Waals surface area contributed by atoms with Gasteiger partial charge in [0.25, 0.3) is 5.91 Å². The molecular formula is C14H10N4O. The van der Waals surface area contributed by atoms with Gasteiger partial charge in [-0.15, -0.1) is 0 Å². The third kappa shape index (κ3) is 2.26. The zero-order chi connectivity index (χ0) is 13.1. The highest BCUT2D eigenvalue weighted by Gasteiger charge is 2.09. The van der Waals surface area contributed by atoms with E-state index < -0.39 is 0 Å². The summed E-state index contributed by atoms with van der Waals surface area (Å²) < 4.78 is 0. The standard InChI is InChI=1S/C14H10N4O/c19-14(13-9-15-7-8-17-13)18-12-5-6-16-11-4-2-1-3-10(11)12/h1-9H,(H,16,18,19). The minimum atomic E-state index is -0.288. The molecule has 0 spiro atoms. The van der Waals surface area contributed by atoms with E-state index in [1.54, 1.807) is 12.3 Å². The average Bonchev–Trinajstić information content (AvgIpc) is 2.48. The topological polar surface area (TPSA) is 67.8 Å². The summed E-state index contributed by atoms with van der Waals surface area (Å²) in [7, 11) is 0. The number of anilines is 1. The van der Waals surface area contributed by atoms with E-state index in [0.29, 0.717) is 5.69 Å². The highest BCUT2D eigenvalue weighted by Crippen LogP contribution is 2.21. The number of amides is 1. The van der Waals surface area contributed by atoms with Gasteiger partial charge in [-0.2, -0.15) is 0 Å². The van der Waals surface area contributed by atoms with E-state index in [2.05, 4.69) is 20.3 Å².